The minimum absolute atomic E-state index is 0.0130. The van der Waals surface area contributed by atoms with E-state index in [1.165, 1.54) is 30.0 Å². The summed E-state index contributed by atoms with van der Waals surface area (Å²) in [5.74, 6) is -3.13. The van der Waals surface area contributed by atoms with E-state index in [2.05, 4.69) is 15.0 Å². The van der Waals surface area contributed by atoms with Crippen molar-refractivity contribution < 1.29 is 28.6 Å². The van der Waals surface area contributed by atoms with Crippen LogP contribution in [-0.2, 0) is 9.47 Å². The van der Waals surface area contributed by atoms with Gasteiger partial charge in [-0.05, 0) is 30.7 Å². The van der Waals surface area contributed by atoms with Gasteiger partial charge in [-0.1, -0.05) is 48.0 Å². The number of carbonyl (C=O) groups excluding carboxylic acids is 1. The van der Waals surface area contributed by atoms with Crippen molar-refractivity contribution in [2.45, 2.75) is 30.8 Å². The first-order valence-corrected chi connectivity index (χ1v) is 11.6. The number of nitrogen functional groups attached to an aromatic ring is 1. The number of hydrogen-bond acceptors (Lipinski definition) is 8. The number of fused-ring (bicyclic) bond motifs is 1. The van der Waals surface area contributed by atoms with Gasteiger partial charge in [-0.2, -0.15) is 9.97 Å². The molecule has 10 nitrogen and oxygen atoms in total. The summed E-state index contributed by atoms with van der Waals surface area (Å²) in [7, 11) is 0. The molecule has 1 saturated heterocycles. The second kappa shape index (κ2) is 9.41. The molecule has 0 spiro atoms. The van der Waals surface area contributed by atoms with Gasteiger partial charge in [0.25, 0.3) is 0 Å². The van der Waals surface area contributed by atoms with Gasteiger partial charge in [-0.15, -0.1) is 0 Å². The average molecular weight is 526 g/mol. The number of aromatic nitrogens is 4. The van der Waals surface area contributed by atoms with E-state index in [0.29, 0.717) is 5.56 Å². The molecule has 0 radical (unpaired) electrons. The summed E-state index contributed by atoms with van der Waals surface area (Å²) in [5, 5.41) is 9.78. The molecule has 3 heterocycles. The second-order valence-corrected chi connectivity index (χ2v) is 9.07. The number of nitrogens with zero attached hydrogens (tertiary/aromatic N) is 4. The van der Waals surface area contributed by atoms with E-state index >= 15 is 4.39 Å². The van der Waals surface area contributed by atoms with Crippen molar-refractivity contribution in [1.29, 1.82) is 0 Å². The third-order valence-corrected chi connectivity index (χ3v) is 6.59. The number of nitrogens with two attached hydrogens (primary N) is 1. The van der Waals surface area contributed by atoms with Crippen LogP contribution in [0.5, 0.6) is 0 Å². The Bertz CT molecular complexity index is 1500. The van der Waals surface area contributed by atoms with Gasteiger partial charge in [0, 0.05) is 0 Å². The molecular weight excluding hydrogens is 505 g/mol. The maximum absolute atomic E-state index is 16.8. The summed E-state index contributed by atoms with van der Waals surface area (Å²) in [6, 6.07) is 14.4. The van der Waals surface area contributed by atoms with Crippen LogP contribution in [-0.4, -0.2) is 54.9 Å². The normalized spacial score (nSPS) is 23.3. The lowest BCUT2D eigenvalue weighted by atomic mass is 9.80. The van der Waals surface area contributed by atoms with E-state index in [-0.39, 0.29) is 40.0 Å². The molecule has 0 amide bonds. The smallest absolute Gasteiger partial charge is 0.338 e. The number of imidazole rings is 1. The van der Waals surface area contributed by atoms with Crippen molar-refractivity contribution in [3.63, 3.8) is 0 Å². The molecule has 1 fully saturated rings. The maximum Gasteiger partial charge on any atom is 0.338 e. The molecule has 3 N–H and O–H groups in total. The van der Waals surface area contributed by atoms with Gasteiger partial charge >= 0.3 is 11.9 Å². The zero-order valence-electron chi connectivity index (χ0n) is 19.4. The van der Waals surface area contributed by atoms with Gasteiger partial charge < -0.3 is 20.3 Å². The third kappa shape index (κ3) is 4.36. The highest BCUT2D eigenvalue weighted by molar-refractivity contribution is 6.33. The first-order chi connectivity index (χ1) is 17.7. The molecule has 5 rings (SSSR count). The number of carboxylic acids is 1. The summed E-state index contributed by atoms with van der Waals surface area (Å²) in [6.45, 7) is 0.949. The van der Waals surface area contributed by atoms with Crippen molar-refractivity contribution in [2.75, 3.05) is 12.3 Å². The summed E-state index contributed by atoms with van der Waals surface area (Å²) >= 11 is 6.14. The van der Waals surface area contributed by atoms with E-state index in [1.54, 1.807) is 42.5 Å². The van der Waals surface area contributed by atoms with E-state index in [1.807, 2.05) is 0 Å². The lowest BCUT2D eigenvalue weighted by molar-refractivity contribution is -0.0601. The number of benzene rings is 2. The van der Waals surface area contributed by atoms with Crippen LogP contribution in [0.15, 0.2) is 60.9 Å². The van der Waals surface area contributed by atoms with Gasteiger partial charge in [0.1, 0.15) is 18.2 Å². The predicted molar refractivity (Wildman–Crippen MR) is 131 cm³/mol. The Hall–Kier alpha value is -4.09. The Labute approximate surface area is 214 Å². The number of halogens is 2. The monoisotopic (exact) mass is 525 g/mol. The fraction of sp³-hybridized carbons (Fsp3) is 0.240. The average Bonchev–Trinajstić information content (AvgIpc) is 3.40. The number of ether oxygens (including phenoxy) is 2. The molecule has 0 aliphatic carbocycles. The topological polar surface area (TPSA) is 142 Å². The number of alkyl halides is 1. The van der Waals surface area contributed by atoms with Crippen LogP contribution in [0.1, 0.15) is 45.3 Å². The minimum Gasteiger partial charge on any atom is -0.478 e. The van der Waals surface area contributed by atoms with Gasteiger partial charge in [0.05, 0.1) is 23.4 Å². The second-order valence-electron chi connectivity index (χ2n) is 8.71. The molecule has 1 aliphatic heterocycles. The molecular formula is C25H21ClFN5O5. The van der Waals surface area contributed by atoms with Gasteiger partial charge in [0.2, 0.25) is 5.95 Å². The zero-order chi connectivity index (χ0) is 26.3. The van der Waals surface area contributed by atoms with Crippen molar-refractivity contribution in [3.8, 4) is 0 Å². The Morgan fingerprint density at radius 2 is 1.89 bits per heavy atom. The van der Waals surface area contributed by atoms with Crippen LogP contribution in [0.3, 0.4) is 0 Å². The number of carbonyl (C=O) groups is 2. The molecule has 4 aromatic rings. The molecule has 37 heavy (non-hydrogen) atoms. The lowest BCUT2D eigenvalue weighted by Crippen LogP contribution is -2.35. The molecule has 0 saturated carbocycles. The van der Waals surface area contributed by atoms with Crippen LogP contribution < -0.4 is 5.73 Å². The molecule has 0 bridgehead atoms. The number of carboxylic acid groups (broad SMARTS) is 1. The number of anilines is 1. The largest absolute Gasteiger partial charge is 0.478 e. The summed E-state index contributed by atoms with van der Waals surface area (Å²) in [4.78, 5) is 36.8. The molecule has 2 aromatic carbocycles. The highest BCUT2D eigenvalue weighted by atomic mass is 35.5. The maximum atomic E-state index is 16.8. The Morgan fingerprint density at radius 3 is 2.62 bits per heavy atom. The van der Waals surface area contributed by atoms with Crippen LogP contribution >= 0.6 is 11.6 Å². The molecule has 12 heteroatoms. The summed E-state index contributed by atoms with van der Waals surface area (Å²) in [6.07, 6.45) is -1.10. The quantitative estimate of drug-likeness (QED) is 0.282. The molecule has 4 atom stereocenters. The van der Waals surface area contributed by atoms with Crippen molar-refractivity contribution in [2.24, 2.45) is 0 Å². The van der Waals surface area contributed by atoms with Crippen LogP contribution in [0.4, 0.5) is 10.3 Å². The van der Waals surface area contributed by atoms with Crippen LogP contribution in [0, 0.1) is 0 Å². The Kier molecular flexibility index (Phi) is 6.26. The van der Waals surface area contributed by atoms with Crippen molar-refractivity contribution in [1.82, 2.24) is 19.5 Å². The fourth-order valence-electron chi connectivity index (χ4n) is 4.72. The standard InChI is InChI=1S/C25H21ClFN5O5/c1-25(27)17(14-9-5-6-10-15(14)21(33)34)16(11-36-22(35)13-7-3-2-4-8-13)37-23(25)32-12-29-18-19(26)30-24(28)31-20(18)32/h2-10,12,16-17,23H,11H2,1H3,(H,33,34)(H2,28,30,31)/t16-,17?,23?,25?/m0/s1. The fourth-order valence-corrected chi connectivity index (χ4v) is 4.94. The zero-order valence-corrected chi connectivity index (χ0v) is 20.2. The number of rotatable bonds is 6. The Morgan fingerprint density at radius 1 is 1.19 bits per heavy atom. The first kappa shape index (κ1) is 24.6. The molecule has 2 aromatic heterocycles. The van der Waals surface area contributed by atoms with E-state index in [9.17, 15) is 14.7 Å². The SMILES string of the molecule is CC1(F)C(c2ccccc2C(=O)O)[C@H](COC(=O)c2ccccc2)OC1n1cnc2c(Cl)nc(N)nc21. The highest BCUT2D eigenvalue weighted by Crippen LogP contribution is 2.52. The first-order valence-electron chi connectivity index (χ1n) is 11.2. The summed E-state index contributed by atoms with van der Waals surface area (Å²) < 4.78 is 29.8. The summed E-state index contributed by atoms with van der Waals surface area (Å²) in [5.41, 5.74) is 4.28. The Balaban J connectivity index is 1.57. The van der Waals surface area contributed by atoms with Gasteiger partial charge in [-0.3, -0.25) is 4.57 Å². The van der Waals surface area contributed by atoms with Crippen molar-refractivity contribution in [3.05, 3.63) is 82.8 Å². The minimum atomic E-state index is -2.21. The van der Waals surface area contributed by atoms with E-state index < -0.39 is 35.9 Å². The van der Waals surface area contributed by atoms with Crippen LogP contribution in [0.2, 0.25) is 5.15 Å². The molecule has 3 unspecified atom stereocenters. The number of aromatic carboxylic acids is 1. The number of hydrogen-bond donors (Lipinski definition) is 2. The van der Waals surface area contributed by atoms with Crippen molar-refractivity contribution >= 4 is 40.7 Å². The highest BCUT2D eigenvalue weighted by Gasteiger charge is 2.57. The van der Waals surface area contributed by atoms with Gasteiger partial charge in [-0.25, -0.2) is 19.0 Å². The molecule has 190 valence electrons. The van der Waals surface area contributed by atoms with E-state index in [4.69, 9.17) is 26.8 Å². The predicted octanol–water partition coefficient (Wildman–Crippen LogP) is 4.03. The van der Waals surface area contributed by atoms with E-state index in [0.717, 1.165) is 0 Å². The lowest BCUT2D eigenvalue weighted by Gasteiger charge is -2.29. The third-order valence-electron chi connectivity index (χ3n) is 6.33. The molecule has 1 aliphatic rings. The van der Waals surface area contributed by atoms with Gasteiger partial charge in [0.15, 0.2) is 22.7 Å². The number of esters is 1. The van der Waals surface area contributed by atoms with Crippen LogP contribution in [0.25, 0.3) is 11.2 Å².